The van der Waals surface area contributed by atoms with Gasteiger partial charge in [-0.2, -0.15) is 0 Å². The molecule has 0 aliphatic rings. The molecule has 0 fully saturated rings. The number of aromatic nitrogens is 1. The molecule has 0 aliphatic carbocycles. The Hall–Kier alpha value is -1.78. The summed E-state index contributed by atoms with van der Waals surface area (Å²) in [6.45, 7) is 6.05. The van der Waals surface area contributed by atoms with E-state index in [-0.39, 0.29) is 18.0 Å². The summed E-state index contributed by atoms with van der Waals surface area (Å²) in [6.07, 6.45) is 1.60. The first-order valence-corrected chi connectivity index (χ1v) is 5.13. The van der Waals surface area contributed by atoms with Crippen molar-refractivity contribution < 1.29 is 4.79 Å². The molecule has 4 N–H and O–H groups in total. The second kappa shape index (κ2) is 4.83. The normalized spacial score (nSPS) is 10.9. The molecule has 0 bridgehead atoms. The van der Waals surface area contributed by atoms with Gasteiger partial charge in [0.25, 0.3) is 0 Å². The first kappa shape index (κ1) is 12.3. The summed E-state index contributed by atoms with van der Waals surface area (Å²) in [5.74, 6) is 0.411. The summed E-state index contributed by atoms with van der Waals surface area (Å²) < 4.78 is 0. The Morgan fingerprint density at radius 3 is 2.62 bits per heavy atom. The van der Waals surface area contributed by atoms with Gasteiger partial charge in [0.15, 0.2) is 0 Å². The van der Waals surface area contributed by atoms with E-state index in [9.17, 15) is 4.79 Å². The second-order valence-electron chi connectivity index (χ2n) is 4.62. The first-order chi connectivity index (χ1) is 7.37. The molecule has 0 saturated carbocycles. The van der Waals surface area contributed by atoms with Crippen molar-refractivity contribution >= 4 is 17.4 Å². The van der Waals surface area contributed by atoms with Crippen molar-refractivity contribution in [2.24, 2.45) is 0 Å². The molecule has 5 nitrogen and oxygen atoms in total. The summed E-state index contributed by atoms with van der Waals surface area (Å²) in [6, 6.07) is 3.47. The van der Waals surface area contributed by atoms with Crippen molar-refractivity contribution in [2.45, 2.75) is 26.3 Å². The van der Waals surface area contributed by atoms with Crippen LogP contribution in [0.15, 0.2) is 18.3 Å². The highest BCUT2D eigenvalue weighted by Crippen LogP contribution is 2.06. The van der Waals surface area contributed by atoms with Crippen LogP contribution in [0.25, 0.3) is 0 Å². The third kappa shape index (κ3) is 4.63. The van der Waals surface area contributed by atoms with E-state index in [1.807, 2.05) is 20.8 Å². The van der Waals surface area contributed by atoms with Crippen molar-refractivity contribution in [1.82, 2.24) is 10.3 Å². The van der Waals surface area contributed by atoms with E-state index in [2.05, 4.69) is 15.6 Å². The van der Waals surface area contributed by atoms with Gasteiger partial charge in [-0.3, -0.25) is 4.79 Å². The first-order valence-electron chi connectivity index (χ1n) is 5.13. The number of carbonyl (C=O) groups is 1. The smallest absolute Gasteiger partial charge is 0.239 e. The highest BCUT2D eigenvalue weighted by molar-refractivity contribution is 5.81. The summed E-state index contributed by atoms with van der Waals surface area (Å²) in [5.41, 5.74) is 6.01. The number of hydrogen-bond donors (Lipinski definition) is 3. The molecule has 1 aromatic heterocycles. The lowest BCUT2D eigenvalue weighted by Gasteiger charge is -2.20. The minimum absolute atomic E-state index is 0.0516. The lowest BCUT2D eigenvalue weighted by Crippen LogP contribution is -2.43. The third-order valence-electron chi connectivity index (χ3n) is 1.75. The topological polar surface area (TPSA) is 80.0 Å². The monoisotopic (exact) mass is 222 g/mol. The van der Waals surface area contributed by atoms with Gasteiger partial charge in [0.05, 0.1) is 18.4 Å². The van der Waals surface area contributed by atoms with E-state index >= 15 is 0 Å². The van der Waals surface area contributed by atoms with Crippen LogP contribution in [-0.2, 0) is 4.79 Å². The van der Waals surface area contributed by atoms with Crippen LogP contribution < -0.4 is 16.4 Å². The molecule has 0 spiro atoms. The van der Waals surface area contributed by atoms with Crippen molar-refractivity contribution in [1.29, 1.82) is 0 Å². The Balaban J connectivity index is 2.40. The fourth-order valence-corrected chi connectivity index (χ4v) is 1.15. The lowest BCUT2D eigenvalue weighted by molar-refractivity contribution is -0.120. The van der Waals surface area contributed by atoms with E-state index in [1.54, 1.807) is 18.3 Å². The average molecular weight is 222 g/mol. The summed E-state index contributed by atoms with van der Waals surface area (Å²) in [4.78, 5) is 15.4. The van der Waals surface area contributed by atoms with Crippen molar-refractivity contribution in [3.63, 3.8) is 0 Å². The number of pyridine rings is 1. The zero-order valence-corrected chi connectivity index (χ0v) is 9.87. The van der Waals surface area contributed by atoms with E-state index in [1.165, 1.54) is 0 Å². The molecular formula is C11H18N4O. The second-order valence-corrected chi connectivity index (χ2v) is 4.62. The van der Waals surface area contributed by atoms with Crippen LogP contribution in [-0.4, -0.2) is 23.0 Å². The maximum Gasteiger partial charge on any atom is 0.239 e. The number of amides is 1. The van der Waals surface area contributed by atoms with E-state index < -0.39 is 0 Å². The third-order valence-corrected chi connectivity index (χ3v) is 1.75. The molecule has 0 unspecified atom stereocenters. The van der Waals surface area contributed by atoms with Gasteiger partial charge in [-0.05, 0) is 32.9 Å². The maximum atomic E-state index is 11.5. The van der Waals surface area contributed by atoms with Gasteiger partial charge in [0, 0.05) is 5.54 Å². The van der Waals surface area contributed by atoms with E-state index in [0.717, 1.165) is 5.69 Å². The van der Waals surface area contributed by atoms with E-state index in [0.29, 0.717) is 5.82 Å². The standard InChI is InChI=1S/C11H18N4O/c1-11(2,3)15-10(16)7-13-8-4-5-9(12)14-6-8/h4-6,13H,7H2,1-3H3,(H2,12,14)(H,15,16). The van der Waals surface area contributed by atoms with Crippen molar-refractivity contribution in [2.75, 3.05) is 17.6 Å². The van der Waals surface area contributed by atoms with Crippen molar-refractivity contribution in [3.8, 4) is 0 Å². The number of nitrogens with zero attached hydrogens (tertiary/aromatic N) is 1. The SMILES string of the molecule is CC(C)(C)NC(=O)CNc1ccc(N)nc1. The fourth-order valence-electron chi connectivity index (χ4n) is 1.15. The predicted molar refractivity (Wildman–Crippen MR) is 65.0 cm³/mol. The van der Waals surface area contributed by atoms with Gasteiger partial charge < -0.3 is 16.4 Å². The van der Waals surface area contributed by atoms with Gasteiger partial charge >= 0.3 is 0 Å². The van der Waals surface area contributed by atoms with Crippen LogP contribution in [0, 0.1) is 0 Å². The number of carbonyl (C=O) groups excluding carboxylic acids is 1. The molecule has 1 aromatic rings. The Labute approximate surface area is 95.4 Å². The Morgan fingerprint density at radius 2 is 2.12 bits per heavy atom. The predicted octanol–water partition coefficient (Wildman–Crippen LogP) is 0.990. The minimum Gasteiger partial charge on any atom is -0.384 e. The number of nitrogen functional groups attached to an aromatic ring is 1. The van der Waals surface area contributed by atoms with Crippen LogP contribution in [0.4, 0.5) is 11.5 Å². The molecule has 16 heavy (non-hydrogen) atoms. The molecule has 5 heteroatoms. The lowest BCUT2D eigenvalue weighted by atomic mass is 10.1. The number of nitrogens with one attached hydrogen (secondary N) is 2. The highest BCUT2D eigenvalue weighted by Gasteiger charge is 2.12. The molecule has 0 radical (unpaired) electrons. The number of anilines is 2. The molecule has 1 amide bonds. The van der Waals surface area contributed by atoms with Gasteiger partial charge in [-0.25, -0.2) is 4.98 Å². The van der Waals surface area contributed by atoms with Crippen molar-refractivity contribution in [3.05, 3.63) is 18.3 Å². The molecule has 1 heterocycles. The molecule has 88 valence electrons. The van der Waals surface area contributed by atoms with Crippen LogP contribution in [0.3, 0.4) is 0 Å². The Bertz CT molecular complexity index is 353. The summed E-state index contributed by atoms with van der Waals surface area (Å²) >= 11 is 0. The summed E-state index contributed by atoms with van der Waals surface area (Å²) in [5, 5.41) is 5.82. The molecule has 0 aliphatic heterocycles. The quantitative estimate of drug-likeness (QED) is 0.712. The largest absolute Gasteiger partial charge is 0.384 e. The Morgan fingerprint density at radius 1 is 1.44 bits per heavy atom. The van der Waals surface area contributed by atoms with Crippen LogP contribution in [0.1, 0.15) is 20.8 Å². The molecular weight excluding hydrogens is 204 g/mol. The molecule has 0 atom stereocenters. The number of nitrogens with two attached hydrogens (primary N) is 1. The van der Waals surface area contributed by atoms with Gasteiger partial charge in [-0.15, -0.1) is 0 Å². The van der Waals surface area contributed by atoms with E-state index in [4.69, 9.17) is 5.73 Å². The minimum atomic E-state index is -0.210. The van der Waals surface area contributed by atoms with Gasteiger partial charge in [0.2, 0.25) is 5.91 Å². The van der Waals surface area contributed by atoms with Gasteiger partial charge in [0.1, 0.15) is 5.82 Å². The van der Waals surface area contributed by atoms with Crippen LogP contribution >= 0.6 is 0 Å². The summed E-state index contributed by atoms with van der Waals surface area (Å²) in [7, 11) is 0. The van der Waals surface area contributed by atoms with Gasteiger partial charge in [-0.1, -0.05) is 0 Å². The number of rotatable bonds is 3. The fraction of sp³-hybridized carbons (Fsp3) is 0.455. The van der Waals surface area contributed by atoms with Crippen LogP contribution in [0.5, 0.6) is 0 Å². The molecule has 1 rings (SSSR count). The Kier molecular flexibility index (Phi) is 3.71. The maximum absolute atomic E-state index is 11.5. The average Bonchev–Trinajstić information content (AvgIpc) is 2.14. The number of hydrogen-bond acceptors (Lipinski definition) is 4. The zero-order valence-electron chi connectivity index (χ0n) is 9.87. The highest BCUT2D eigenvalue weighted by atomic mass is 16.2. The zero-order chi connectivity index (χ0) is 12.2. The molecule has 0 aromatic carbocycles. The molecule has 0 saturated heterocycles. The van der Waals surface area contributed by atoms with Crippen LogP contribution in [0.2, 0.25) is 0 Å².